The van der Waals surface area contributed by atoms with Crippen molar-refractivity contribution in [2.45, 2.75) is 13.3 Å². The fourth-order valence-electron chi connectivity index (χ4n) is 1.89. The highest BCUT2D eigenvalue weighted by Crippen LogP contribution is 2.31. The molecule has 5 heteroatoms. The molecule has 0 aliphatic carbocycles. The molecule has 0 heterocycles. The van der Waals surface area contributed by atoms with Gasteiger partial charge in [0.05, 0.1) is 15.0 Å². The number of non-ortho nitro benzene ring substituents is 1. The lowest BCUT2D eigenvalue weighted by atomic mass is 10.0. The van der Waals surface area contributed by atoms with Crippen LogP contribution in [0.4, 0.5) is 5.69 Å². The van der Waals surface area contributed by atoms with E-state index >= 15 is 0 Å². The van der Waals surface area contributed by atoms with Crippen LogP contribution in [-0.2, 0) is 6.42 Å². The lowest BCUT2D eigenvalue weighted by molar-refractivity contribution is -0.384. The van der Waals surface area contributed by atoms with Gasteiger partial charge in [0.2, 0.25) is 0 Å². The average molecular weight is 296 g/mol. The van der Waals surface area contributed by atoms with Gasteiger partial charge >= 0.3 is 0 Å². The highest BCUT2D eigenvalue weighted by Gasteiger charge is 2.14. The molecule has 0 saturated heterocycles. The summed E-state index contributed by atoms with van der Waals surface area (Å²) in [5.41, 5.74) is 2.83. The van der Waals surface area contributed by atoms with E-state index in [-0.39, 0.29) is 5.69 Å². The third kappa shape index (κ3) is 3.25. The Kier molecular flexibility index (Phi) is 4.08. The summed E-state index contributed by atoms with van der Waals surface area (Å²) in [7, 11) is 0. The SMILES string of the molecule is Cc1cccc(Cc2c(Cl)cc([N+](=O)[O-])cc2Cl)c1. The minimum absolute atomic E-state index is 0.0945. The van der Waals surface area contributed by atoms with Crippen molar-refractivity contribution >= 4 is 28.9 Å². The van der Waals surface area contributed by atoms with Gasteiger partial charge in [0.15, 0.2) is 0 Å². The number of nitro benzene ring substituents is 1. The molecule has 0 saturated carbocycles. The van der Waals surface area contributed by atoms with Crippen molar-refractivity contribution in [3.8, 4) is 0 Å². The average Bonchev–Trinajstić information content (AvgIpc) is 2.33. The molecule has 2 rings (SSSR count). The number of hydrogen-bond donors (Lipinski definition) is 0. The fraction of sp³-hybridized carbons (Fsp3) is 0.143. The molecule has 0 fully saturated rings. The van der Waals surface area contributed by atoms with Crippen molar-refractivity contribution in [1.29, 1.82) is 0 Å². The molecule has 0 unspecified atom stereocenters. The van der Waals surface area contributed by atoms with E-state index in [0.29, 0.717) is 22.0 Å². The molecule has 0 atom stereocenters. The molecule has 0 aliphatic heterocycles. The van der Waals surface area contributed by atoms with Gasteiger partial charge in [-0.2, -0.15) is 0 Å². The van der Waals surface area contributed by atoms with Crippen molar-refractivity contribution in [2.24, 2.45) is 0 Å². The van der Waals surface area contributed by atoms with Crippen LogP contribution in [0, 0.1) is 17.0 Å². The molecule has 0 spiro atoms. The van der Waals surface area contributed by atoms with Gasteiger partial charge < -0.3 is 0 Å². The summed E-state index contributed by atoms with van der Waals surface area (Å²) in [5.74, 6) is 0. The van der Waals surface area contributed by atoms with Crippen molar-refractivity contribution in [3.05, 3.63) is 73.2 Å². The summed E-state index contributed by atoms with van der Waals surface area (Å²) >= 11 is 12.2. The molecule has 3 nitrogen and oxygen atoms in total. The largest absolute Gasteiger partial charge is 0.272 e. The lowest BCUT2D eigenvalue weighted by Gasteiger charge is -2.08. The van der Waals surface area contributed by atoms with Crippen LogP contribution >= 0.6 is 23.2 Å². The molecule has 0 amide bonds. The molecule has 0 bridgehead atoms. The summed E-state index contributed by atoms with van der Waals surface area (Å²) in [6, 6.07) is 10.6. The zero-order valence-electron chi connectivity index (χ0n) is 10.2. The summed E-state index contributed by atoms with van der Waals surface area (Å²) in [6.45, 7) is 2.00. The van der Waals surface area contributed by atoms with Crippen LogP contribution in [0.3, 0.4) is 0 Å². The summed E-state index contributed by atoms with van der Waals surface area (Å²) in [5, 5.41) is 11.3. The van der Waals surface area contributed by atoms with E-state index in [1.54, 1.807) is 0 Å². The number of halogens is 2. The van der Waals surface area contributed by atoms with Crippen LogP contribution in [-0.4, -0.2) is 4.92 Å². The van der Waals surface area contributed by atoms with E-state index in [9.17, 15) is 10.1 Å². The lowest BCUT2D eigenvalue weighted by Crippen LogP contribution is -1.95. The maximum absolute atomic E-state index is 10.7. The van der Waals surface area contributed by atoms with Gasteiger partial charge in [-0.1, -0.05) is 53.0 Å². The number of hydrogen-bond acceptors (Lipinski definition) is 2. The van der Waals surface area contributed by atoms with E-state index in [1.807, 2.05) is 31.2 Å². The first kappa shape index (κ1) is 13.8. The van der Waals surface area contributed by atoms with Crippen LogP contribution in [0.2, 0.25) is 10.0 Å². The Labute approximate surface area is 120 Å². The van der Waals surface area contributed by atoms with Crippen LogP contribution in [0.25, 0.3) is 0 Å². The number of aryl methyl sites for hydroxylation is 1. The first-order valence-electron chi connectivity index (χ1n) is 5.65. The normalized spacial score (nSPS) is 10.5. The van der Waals surface area contributed by atoms with Gasteiger partial charge in [0, 0.05) is 18.6 Å². The minimum atomic E-state index is -0.506. The molecule has 0 radical (unpaired) electrons. The predicted octanol–water partition coefficient (Wildman–Crippen LogP) is 4.80. The van der Waals surface area contributed by atoms with E-state index in [1.165, 1.54) is 12.1 Å². The molecule has 0 aliphatic rings. The Morgan fingerprint density at radius 1 is 1.16 bits per heavy atom. The Morgan fingerprint density at radius 2 is 1.79 bits per heavy atom. The van der Waals surface area contributed by atoms with Gasteiger partial charge in [0.1, 0.15) is 0 Å². The quantitative estimate of drug-likeness (QED) is 0.603. The second-order valence-electron chi connectivity index (χ2n) is 4.31. The van der Waals surface area contributed by atoms with Gasteiger partial charge in [-0.25, -0.2) is 0 Å². The van der Waals surface area contributed by atoms with E-state index in [0.717, 1.165) is 11.1 Å². The van der Waals surface area contributed by atoms with E-state index < -0.39 is 4.92 Å². The second kappa shape index (κ2) is 5.59. The van der Waals surface area contributed by atoms with Crippen molar-refractivity contribution in [1.82, 2.24) is 0 Å². The molecular weight excluding hydrogens is 285 g/mol. The van der Waals surface area contributed by atoms with Crippen molar-refractivity contribution in [2.75, 3.05) is 0 Å². The van der Waals surface area contributed by atoms with Gasteiger partial charge in [0.25, 0.3) is 5.69 Å². The smallest absolute Gasteiger partial charge is 0.258 e. The minimum Gasteiger partial charge on any atom is -0.258 e. The highest BCUT2D eigenvalue weighted by molar-refractivity contribution is 6.36. The third-order valence-corrected chi connectivity index (χ3v) is 3.47. The number of rotatable bonds is 3. The fourth-order valence-corrected chi connectivity index (χ4v) is 2.50. The first-order valence-corrected chi connectivity index (χ1v) is 6.41. The molecule has 0 N–H and O–H groups in total. The Hall–Kier alpha value is -1.58. The number of benzene rings is 2. The third-order valence-electron chi connectivity index (χ3n) is 2.80. The first-order chi connectivity index (χ1) is 8.97. The van der Waals surface area contributed by atoms with Crippen molar-refractivity contribution < 1.29 is 4.92 Å². The highest BCUT2D eigenvalue weighted by atomic mass is 35.5. The van der Waals surface area contributed by atoms with Gasteiger partial charge in [-0.3, -0.25) is 10.1 Å². The molecule has 2 aromatic rings. The maximum Gasteiger partial charge on any atom is 0.272 e. The van der Waals surface area contributed by atoms with E-state index in [4.69, 9.17) is 23.2 Å². The Balaban J connectivity index is 2.38. The Morgan fingerprint density at radius 3 is 2.32 bits per heavy atom. The standard InChI is InChI=1S/C14H11Cl2NO2/c1-9-3-2-4-10(5-9)6-12-13(15)7-11(17(18)19)8-14(12)16/h2-5,7-8H,6H2,1H3. The van der Waals surface area contributed by atoms with Crippen molar-refractivity contribution in [3.63, 3.8) is 0 Å². The zero-order valence-corrected chi connectivity index (χ0v) is 11.7. The van der Waals surface area contributed by atoms with Crippen LogP contribution in [0.5, 0.6) is 0 Å². The van der Waals surface area contributed by atoms with Gasteiger partial charge in [-0.05, 0) is 18.1 Å². The second-order valence-corrected chi connectivity index (χ2v) is 5.13. The molecular formula is C14H11Cl2NO2. The van der Waals surface area contributed by atoms with Crippen LogP contribution in [0.15, 0.2) is 36.4 Å². The summed E-state index contributed by atoms with van der Waals surface area (Å²) in [4.78, 5) is 10.2. The van der Waals surface area contributed by atoms with Crippen LogP contribution in [0.1, 0.15) is 16.7 Å². The summed E-state index contributed by atoms with van der Waals surface area (Å²) < 4.78 is 0. The Bertz CT molecular complexity index is 618. The predicted molar refractivity (Wildman–Crippen MR) is 77.1 cm³/mol. The maximum atomic E-state index is 10.7. The zero-order chi connectivity index (χ0) is 14.0. The molecule has 19 heavy (non-hydrogen) atoms. The molecule has 0 aromatic heterocycles. The number of nitro groups is 1. The topological polar surface area (TPSA) is 43.1 Å². The van der Waals surface area contributed by atoms with Gasteiger partial charge in [-0.15, -0.1) is 0 Å². The summed E-state index contributed by atoms with van der Waals surface area (Å²) in [6.07, 6.45) is 0.553. The monoisotopic (exact) mass is 295 g/mol. The molecule has 2 aromatic carbocycles. The van der Waals surface area contributed by atoms with E-state index in [2.05, 4.69) is 0 Å². The van der Waals surface area contributed by atoms with Crippen LogP contribution < -0.4 is 0 Å². The number of nitrogens with zero attached hydrogens (tertiary/aromatic N) is 1. The molecule has 98 valence electrons.